The zero-order valence-electron chi connectivity index (χ0n) is 25.9. The van der Waals surface area contributed by atoms with Crippen LogP contribution in [-0.4, -0.2) is 59.2 Å². The molecular formula is C35H30F2N6O3S. The lowest BCUT2D eigenvalue weighted by Crippen LogP contribution is -2.42. The van der Waals surface area contributed by atoms with E-state index in [-0.39, 0.29) is 29.9 Å². The largest absolute Gasteiger partial charge is 0.490 e. The third kappa shape index (κ3) is 5.19. The monoisotopic (exact) mass is 652 g/mol. The quantitative estimate of drug-likeness (QED) is 0.191. The minimum atomic E-state index is -0.883. The van der Waals surface area contributed by atoms with Gasteiger partial charge in [-0.05, 0) is 43.5 Å². The molecule has 0 fully saturated rings. The molecule has 238 valence electrons. The fraction of sp³-hybridized carbons (Fsp3) is 0.200. The third-order valence-electron chi connectivity index (χ3n) is 8.15. The smallest absolute Gasteiger partial charge is 0.250 e. The summed E-state index contributed by atoms with van der Waals surface area (Å²) in [6.45, 7) is 11.4. The highest BCUT2D eigenvalue weighted by Crippen LogP contribution is 2.47. The van der Waals surface area contributed by atoms with Gasteiger partial charge in [0.2, 0.25) is 0 Å². The zero-order chi connectivity index (χ0) is 33.1. The van der Waals surface area contributed by atoms with Gasteiger partial charge in [-0.1, -0.05) is 25.3 Å². The van der Waals surface area contributed by atoms with E-state index in [2.05, 4.69) is 18.3 Å². The summed E-state index contributed by atoms with van der Waals surface area (Å²) in [5, 5.41) is 23.0. The van der Waals surface area contributed by atoms with E-state index in [0.29, 0.717) is 45.3 Å². The van der Waals surface area contributed by atoms with Crippen molar-refractivity contribution in [3.63, 3.8) is 0 Å². The zero-order valence-corrected chi connectivity index (χ0v) is 26.7. The Bertz CT molecular complexity index is 2250. The molecule has 0 saturated carbocycles. The molecule has 47 heavy (non-hydrogen) atoms. The van der Waals surface area contributed by atoms with Gasteiger partial charge < -0.3 is 14.7 Å². The summed E-state index contributed by atoms with van der Waals surface area (Å²) in [4.78, 5) is 19.5. The Morgan fingerprint density at radius 2 is 1.98 bits per heavy atom. The van der Waals surface area contributed by atoms with Crippen LogP contribution in [0.4, 0.5) is 8.78 Å². The first-order valence-corrected chi connectivity index (χ1v) is 15.8. The maximum Gasteiger partial charge on any atom is 0.250 e. The highest BCUT2D eigenvalue weighted by molar-refractivity contribution is 7.18. The molecule has 2 atom stereocenters. The molecule has 1 amide bonds. The van der Waals surface area contributed by atoms with E-state index in [1.807, 2.05) is 49.8 Å². The number of rotatable bonds is 7. The Morgan fingerprint density at radius 1 is 1.17 bits per heavy atom. The van der Waals surface area contributed by atoms with Crippen molar-refractivity contribution in [3.8, 4) is 39.5 Å². The van der Waals surface area contributed by atoms with E-state index in [4.69, 9.17) is 14.8 Å². The van der Waals surface area contributed by atoms with Gasteiger partial charge in [-0.2, -0.15) is 10.2 Å². The Kier molecular flexibility index (Phi) is 7.48. The molecule has 2 aromatic carbocycles. The van der Waals surface area contributed by atoms with Crippen molar-refractivity contribution in [2.24, 2.45) is 7.05 Å². The third-order valence-corrected chi connectivity index (χ3v) is 9.08. The van der Waals surface area contributed by atoms with Crippen molar-refractivity contribution in [3.05, 3.63) is 90.6 Å². The first-order chi connectivity index (χ1) is 22.5. The van der Waals surface area contributed by atoms with Gasteiger partial charge in [0.1, 0.15) is 35.4 Å². The van der Waals surface area contributed by atoms with Crippen LogP contribution in [0.1, 0.15) is 19.5 Å². The minimum absolute atomic E-state index is 0.00430. The first-order valence-electron chi connectivity index (χ1n) is 14.9. The number of amides is 1. The average molecular weight is 653 g/mol. The predicted molar refractivity (Wildman–Crippen MR) is 179 cm³/mol. The molecule has 6 aromatic rings. The summed E-state index contributed by atoms with van der Waals surface area (Å²) in [5.41, 5.74) is 4.33. The number of carbonyl (C=O) groups excluding carboxylic acids is 1. The molecule has 0 aliphatic carbocycles. The molecule has 0 unspecified atom stereocenters. The first kappa shape index (κ1) is 30.5. The Balaban J connectivity index is 1.52. The number of thiophene rings is 1. The highest BCUT2D eigenvalue weighted by Gasteiger charge is 2.33. The number of aromatic nitrogens is 5. The van der Waals surface area contributed by atoms with Gasteiger partial charge in [-0.3, -0.25) is 14.2 Å². The number of aliphatic hydroxyl groups excluding tert-OH is 1. The summed E-state index contributed by atoms with van der Waals surface area (Å²) in [5.74, 6) is -2.03. The number of ether oxygens (including phenoxy) is 1. The Hall–Kier alpha value is -5.20. The van der Waals surface area contributed by atoms with Gasteiger partial charge in [-0.15, -0.1) is 11.3 Å². The van der Waals surface area contributed by atoms with Gasteiger partial charge in [0.05, 0.1) is 46.9 Å². The molecule has 0 saturated heterocycles. The lowest BCUT2D eigenvalue weighted by molar-refractivity contribution is -0.124. The standard InChI is InChI=1S/C35H30F2N6O3S/c1-6-30(45)43-18(2)15-42-28(20(43)4)14-27(40-42)34-32(31-25(37)12-23(36)13-29(31)46-17-19(3)44)35-24(9-10-47-35)33(38-34)21-7-8-22-16-41(5)39-26(22)11-21/h6-14,16,18-19,44H,1,4,15,17H2,2-3,5H3/t18-,19-/m1/s1. The van der Waals surface area contributed by atoms with Crippen molar-refractivity contribution < 1.29 is 23.4 Å². The lowest BCUT2D eigenvalue weighted by Gasteiger charge is -2.34. The molecule has 1 N–H and O–H groups in total. The molecule has 7 rings (SSSR count). The van der Waals surface area contributed by atoms with Crippen LogP contribution >= 0.6 is 11.3 Å². The fourth-order valence-corrected chi connectivity index (χ4v) is 7.09. The van der Waals surface area contributed by atoms with E-state index in [0.717, 1.165) is 34.0 Å². The van der Waals surface area contributed by atoms with Gasteiger partial charge in [0.25, 0.3) is 5.91 Å². The number of aliphatic hydroxyl groups is 1. The van der Waals surface area contributed by atoms with E-state index >= 15 is 4.39 Å². The van der Waals surface area contributed by atoms with Crippen molar-refractivity contribution in [2.75, 3.05) is 6.61 Å². The van der Waals surface area contributed by atoms with Crippen molar-refractivity contribution in [2.45, 2.75) is 32.5 Å². The molecule has 0 bridgehead atoms. The maximum absolute atomic E-state index is 16.1. The van der Waals surface area contributed by atoms with Crippen molar-refractivity contribution >= 4 is 43.9 Å². The topological polar surface area (TPSA) is 98.3 Å². The van der Waals surface area contributed by atoms with E-state index in [1.165, 1.54) is 24.3 Å². The number of hydrogen-bond acceptors (Lipinski definition) is 7. The second-order valence-corrected chi connectivity index (χ2v) is 12.6. The maximum atomic E-state index is 16.1. The Labute approximate surface area is 272 Å². The summed E-state index contributed by atoms with van der Waals surface area (Å²) >= 11 is 1.38. The summed E-state index contributed by atoms with van der Waals surface area (Å²) < 4.78 is 40.7. The van der Waals surface area contributed by atoms with Crippen LogP contribution in [-0.2, 0) is 18.4 Å². The van der Waals surface area contributed by atoms with Crippen LogP contribution in [0.3, 0.4) is 0 Å². The van der Waals surface area contributed by atoms with E-state index in [1.54, 1.807) is 20.3 Å². The molecular weight excluding hydrogens is 622 g/mol. The van der Waals surface area contributed by atoms with E-state index in [9.17, 15) is 14.3 Å². The van der Waals surface area contributed by atoms with Gasteiger partial charge in [0, 0.05) is 52.0 Å². The lowest BCUT2D eigenvalue weighted by atomic mass is 9.96. The minimum Gasteiger partial charge on any atom is -0.490 e. The van der Waals surface area contributed by atoms with Crippen LogP contribution in [0.5, 0.6) is 5.75 Å². The number of aryl methyl sites for hydroxylation is 1. The number of pyridine rings is 1. The van der Waals surface area contributed by atoms with Gasteiger partial charge in [0.15, 0.2) is 0 Å². The van der Waals surface area contributed by atoms with Crippen LogP contribution in [0.25, 0.3) is 60.5 Å². The number of nitrogens with zero attached hydrogens (tertiary/aromatic N) is 6. The normalized spacial score (nSPS) is 15.3. The van der Waals surface area contributed by atoms with Crippen LogP contribution in [0.2, 0.25) is 0 Å². The molecule has 0 radical (unpaired) electrons. The number of benzene rings is 2. The molecule has 4 aromatic heterocycles. The van der Waals surface area contributed by atoms with Crippen molar-refractivity contribution in [1.82, 2.24) is 29.4 Å². The SMILES string of the molecule is C=CC(=O)N1C(=C)c2cc(-c3nc(-c4ccc5cn(C)nc5c4)c4ccsc4c3-c3c(F)cc(F)cc3OC[C@@H](C)O)nn2C[C@H]1C. The molecule has 1 aliphatic heterocycles. The number of hydrogen-bond donors (Lipinski definition) is 1. The second kappa shape index (κ2) is 11.6. The van der Waals surface area contributed by atoms with Crippen LogP contribution < -0.4 is 4.74 Å². The van der Waals surface area contributed by atoms with Crippen LogP contribution in [0.15, 0.2) is 73.3 Å². The molecule has 9 nitrogen and oxygen atoms in total. The molecule has 1 aliphatic rings. The van der Waals surface area contributed by atoms with Gasteiger partial charge >= 0.3 is 0 Å². The molecule has 12 heteroatoms. The number of fused-ring (bicyclic) bond motifs is 3. The highest BCUT2D eigenvalue weighted by atomic mass is 32.1. The fourth-order valence-electron chi connectivity index (χ4n) is 6.14. The predicted octanol–water partition coefficient (Wildman–Crippen LogP) is 6.81. The van der Waals surface area contributed by atoms with E-state index < -0.39 is 17.7 Å². The Morgan fingerprint density at radius 3 is 2.74 bits per heavy atom. The summed E-state index contributed by atoms with van der Waals surface area (Å²) in [7, 11) is 1.86. The molecule has 0 spiro atoms. The average Bonchev–Trinajstić information content (AvgIpc) is 3.77. The second-order valence-electron chi connectivity index (χ2n) is 11.6. The summed E-state index contributed by atoms with van der Waals surface area (Å²) in [6, 6.07) is 11.2. The van der Waals surface area contributed by atoms with Gasteiger partial charge in [-0.25, -0.2) is 13.8 Å². The summed E-state index contributed by atoms with van der Waals surface area (Å²) in [6.07, 6.45) is 2.29. The molecule has 5 heterocycles. The number of carbonyl (C=O) groups is 1. The van der Waals surface area contributed by atoms with Crippen LogP contribution in [0, 0.1) is 11.6 Å². The number of halogens is 2. The van der Waals surface area contributed by atoms with Crippen molar-refractivity contribution in [1.29, 1.82) is 0 Å².